The summed E-state index contributed by atoms with van der Waals surface area (Å²) in [5.41, 5.74) is 17.5. The van der Waals surface area contributed by atoms with E-state index in [2.05, 4.69) is 130 Å². The Morgan fingerprint density at radius 3 is 1.03 bits per heavy atom. The molecule has 27 heteroatoms. The molecule has 0 heterocycles. The van der Waals surface area contributed by atoms with Crippen molar-refractivity contribution in [1.29, 1.82) is 0 Å². The molecule has 10 aromatic carbocycles. The number of nitro groups is 4. The maximum absolute atomic E-state index is 11.7. The molecule has 1 N–H and O–H groups in total. The zero-order valence-electron chi connectivity index (χ0n) is 61.0. The van der Waals surface area contributed by atoms with Gasteiger partial charge in [0.25, 0.3) is 22.7 Å². The molecule has 0 aromatic heterocycles. The highest BCUT2D eigenvalue weighted by atomic mass is 32.2. The molecule has 1 amide bonds. The van der Waals surface area contributed by atoms with Crippen molar-refractivity contribution in [3.8, 4) is 17.2 Å². The van der Waals surface area contributed by atoms with Gasteiger partial charge in [-0.25, -0.2) is 4.79 Å². The number of ether oxygens (including phenoxy) is 1. The number of nitro benzene ring substituents is 4. The third kappa shape index (κ3) is 28.3. The van der Waals surface area contributed by atoms with Crippen LogP contribution in [0, 0.1) is 75.1 Å². The maximum Gasteiger partial charge on any atom is 0.407 e. The van der Waals surface area contributed by atoms with Gasteiger partial charge in [-0.1, -0.05) is 223 Å². The molecule has 10 aromatic rings. The van der Waals surface area contributed by atoms with E-state index in [9.17, 15) is 70.5 Å². The quantitative estimate of drug-likeness (QED) is 0.0353. The van der Waals surface area contributed by atoms with Gasteiger partial charge in [0.15, 0.2) is 11.5 Å². The van der Waals surface area contributed by atoms with Crippen LogP contribution in [0.25, 0.3) is 0 Å². The predicted molar refractivity (Wildman–Crippen MR) is 415 cm³/mol. The van der Waals surface area contributed by atoms with Crippen molar-refractivity contribution in [3.05, 3.63) is 354 Å². The van der Waals surface area contributed by atoms with E-state index in [4.69, 9.17) is 4.74 Å². The molecular formula is C81H85N5O19S3. The molecular weight excluding hydrogens is 1440 g/mol. The van der Waals surface area contributed by atoms with Gasteiger partial charge in [0.2, 0.25) is 5.75 Å². The molecule has 24 nitrogen and oxygen atoms in total. The molecule has 0 aliphatic heterocycles. The van der Waals surface area contributed by atoms with Crippen LogP contribution in [-0.4, -0.2) is 75.8 Å². The first-order valence-electron chi connectivity index (χ1n) is 34.1. The maximum atomic E-state index is 11.7. The van der Waals surface area contributed by atoms with Gasteiger partial charge in [0, 0.05) is 48.7 Å². The summed E-state index contributed by atoms with van der Waals surface area (Å²) in [7, 11) is -12.1. The smallest absolute Gasteiger partial charge is 0.407 e. The Bertz CT molecular complexity index is 4950. The Labute approximate surface area is 629 Å². The first-order valence-corrected chi connectivity index (χ1v) is 39.6. The topological polar surface area (TPSA) is 341 Å². The lowest BCUT2D eigenvalue weighted by Crippen LogP contribution is -2.36. The second-order valence-corrected chi connectivity index (χ2v) is 30.7. The van der Waals surface area contributed by atoms with E-state index in [0.717, 1.165) is 91.8 Å². The normalized spacial score (nSPS) is 11.9. The number of hydrogen-bond acceptors (Lipinski definition) is 19. The minimum Gasteiger partial charge on any atom is -0.444 e. The molecule has 0 unspecified atom stereocenters. The first-order chi connectivity index (χ1) is 51.1. The van der Waals surface area contributed by atoms with Crippen LogP contribution in [0.3, 0.4) is 0 Å². The fourth-order valence-electron chi connectivity index (χ4n) is 11.4. The van der Waals surface area contributed by atoms with Crippen LogP contribution in [-0.2, 0) is 73.8 Å². The van der Waals surface area contributed by atoms with Gasteiger partial charge >= 0.3 is 36.4 Å². The van der Waals surface area contributed by atoms with Crippen LogP contribution in [0.5, 0.6) is 17.2 Å². The number of hydrogen-bond donors (Lipinski definition) is 1. The average Bonchev–Trinajstić information content (AvgIpc) is 0.821. The standard InChI is InChI=1S/C30H30.C14H12N2O4.C14H18N2O4.C14H13NO2.C9H12O9S3/c1-22-7-13-25(14-8-22)19-28-5-4-6-29(20-26-15-9-23(2)10-16-26)30(28)21-27-17-11-24(3)12-18-27;1-10-5-7-11(8-6-10)9-12-13(15(17)18)3-2-4-14(12)16(19)20;17-14(15-12-7-2-1-3-8-12)20-10-11-6-4-5-9-13(11)16(18)19;1-11-6-8-12(9-7-11)10-13-4-2-3-5-14(13)15(16)17;1-19(10,11)16-7-5-4-6-8(17-20(2,12)13)9(7)18-21(3,14)15/h4-18H,19-21H2,1-3H3;2-8H,9H2,1H3;4-6,9,12H,1-3,7-8,10H2,(H,15,17);2-9H,10H2,1H3;4-6H,1-3H3. The van der Waals surface area contributed by atoms with Crippen LogP contribution in [0.1, 0.15) is 121 Å². The largest absolute Gasteiger partial charge is 0.444 e. The molecule has 1 saturated carbocycles. The summed E-state index contributed by atoms with van der Waals surface area (Å²) in [6.07, 6.45) is 10.7. The van der Waals surface area contributed by atoms with E-state index in [1.807, 2.05) is 68.4 Å². The fourth-order valence-corrected chi connectivity index (χ4v) is 12.7. The predicted octanol–water partition coefficient (Wildman–Crippen LogP) is 17.1. The number of alkyl carbamates (subject to hydrolysis) is 1. The SMILES string of the molecule is CS(=O)(=O)Oc1cccc(OS(C)(=O)=O)c1OS(C)(=O)=O.Cc1ccc(Cc2c([N+](=O)[O-])cccc2[N+](=O)[O-])cc1.Cc1ccc(Cc2cccc(Cc3ccc(C)cc3)c2Cc2ccc(C)cc2)cc1.Cc1ccc(Cc2ccccc2[N+](=O)[O-])cc1.O=C(NC1CCCCC1)OCc1ccccc1[N+](=O)[O-]. The van der Waals surface area contributed by atoms with Crippen LogP contribution in [0.2, 0.25) is 0 Å². The average molecular weight is 1530 g/mol. The van der Waals surface area contributed by atoms with E-state index in [0.29, 0.717) is 18.2 Å². The molecule has 0 saturated heterocycles. The van der Waals surface area contributed by atoms with E-state index >= 15 is 0 Å². The van der Waals surface area contributed by atoms with Gasteiger partial charge in [-0.3, -0.25) is 40.5 Å². The van der Waals surface area contributed by atoms with E-state index < -0.39 is 68.5 Å². The second-order valence-electron chi connectivity index (χ2n) is 25.9. The molecule has 0 atom stereocenters. The molecule has 0 bridgehead atoms. The van der Waals surface area contributed by atoms with Crippen molar-refractivity contribution in [2.45, 2.75) is 111 Å². The molecule has 1 aliphatic carbocycles. The number of carbonyl (C=O) groups excluding carboxylic acids is 1. The zero-order valence-corrected chi connectivity index (χ0v) is 63.4. The van der Waals surface area contributed by atoms with Crippen molar-refractivity contribution < 1.29 is 67.0 Å². The summed E-state index contributed by atoms with van der Waals surface area (Å²) in [4.78, 5) is 53.4. The molecule has 0 radical (unpaired) electrons. The van der Waals surface area contributed by atoms with Gasteiger partial charge in [0.05, 0.1) is 44.0 Å². The highest BCUT2D eigenvalue weighted by Crippen LogP contribution is 2.40. The van der Waals surface area contributed by atoms with Crippen molar-refractivity contribution in [2.24, 2.45) is 0 Å². The summed E-state index contributed by atoms with van der Waals surface area (Å²) in [6, 6.07) is 69.7. The number of rotatable bonds is 23. The number of para-hydroxylation sites is 3. The Morgan fingerprint density at radius 1 is 0.361 bits per heavy atom. The number of nitrogens with one attached hydrogen (secondary N) is 1. The van der Waals surface area contributed by atoms with Gasteiger partial charge < -0.3 is 22.6 Å². The number of amides is 1. The highest BCUT2D eigenvalue weighted by Gasteiger charge is 2.26. The van der Waals surface area contributed by atoms with Gasteiger partial charge in [-0.05, 0) is 135 Å². The summed E-state index contributed by atoms with van der Waals surface area (Å²) < 4.78 is 85.6. The number of benzene rings is 10. The Hall–Kier alpha value is -11.7. The van der Waals surface area contributed by atoms with Crippen molar-refractivity contribution >= 4 is 59.2 Å². The van der Waals surface area contributed by atoms with Crippen LogP contribution < -0.4 is 17.9 Å². The molecule has 1 fully saturated rings. The fraction of sp³-hybridized carbons (Fsp3) is 0.247. The zero-order chi connectivity index (χ0) is 78.7. The molecule has 1 aliphatic rings. The third-order valence-corrected chi connectivity index (χ3v) is 18.2. The second kappa shape index (κ2) is 39.6. The highest BCUT2D eigenvalue weighted by molar-refractivity contribution is 7.87. The van der Waals surface area contributed by atoms with Gasteiger partial charge in [-0.2, -0.15) is 25.3 Å². The monoisotopic (exact) mass is 1530 g/mol. The summed E-state index contributed by atoms with van der Waals surface area (Å²) >= 11 is 0. The van der Waals surface area contributed by atoms with Gasteiger partial charge in [-0.15, -0.1) is 0 Å². The molecule has 11 rings (SSSR count). The minimum atomic E-state index is -4.08. The van der Waals surface area contributed by atoms with Crippen molar-refractivity contribution in [2.75, 3.05) is 18.8 Å². The summed E-state index contributed by atoms with van der Waals surface area (Å²) in [6.45, 7) is 10.3. The number of nitrogens with zero attached hydrogens (tertiary/aromatic N) is 4. The molecule has 566 valence electrons. The minimum absolute atomic E-state index is 0.0297. The lowest BCUT2D eigenvalue weighted by molar-refractivity contribution is -0.395. The Morgan fingerprint density at radius 2 is 0.657 bits per heavy atom. The number of carbonyl (C=O) groups is 1. The van der Waals surface area contributed by atoms with E-state index in [-0.39, 0.29) is 52.3 Å². The Kier molecular flexibility index (Phi) is 30.7. The lowest BCUT2D eigenvalue weighted by atomic mass is 9.88. The molecule has 0 spiro atoms. The van der Waals surface area contributed by atoms with Crippen LogP contribution >= 0.6 is 0 Å². The third-order valence-electron chi connectivity index (χ3n) is 16.8. The first kappa shape index (κ1) is 83.6. The van der Waals surface area contributed by atoms with E-state index in [1.165, 1.54) is 92.4 Å². The summed E-state index contributed by atoms with van der Waals surface area (Å²) in [5.74, 6) is -1.73. The summed E-state index contributed by atoms with van der Waals surface area (Å²) in [5, 5.41) is 46.6. The van der Waals surface area contributed by atoms with Gasteiger partial charge in [0.1, 0.15) is 12.2 Å². The lowest BCUT2D eigenvalue weighted by Gasteiger charge is -2.22. The van der Waals surface area contributed by atoms with Crippen LogP contribution in [0.15, 0.2) is 224 Å². The number of aryl methyl sites for hydroxylation is 5. The van der Waals surface area contributed by atoms with Crippen molar-refractivity contribution in [3.63, 3.8) is 0 Å². The van der Waals surface area contributed by atoms with Crippen molar-refractivity contribution in [1.82, 2.24) is 5.32 Å². The molecule has 108 heavy (non-hydrogen) atoms. The van der Waals surface area contributed by atoms with Crippen LogP contribution in [0.4, 0.5) is 27.5 Å². The Balaban J connectivity index is 0.000000191. The van der Waals surface area contributed by atoms with E-state index in [1.54, 1.807) is 36.4 Å².